The zero-order valence-corrected chi connectivity index (χ0v) is 11.5. The number of methoxy groups -OCH3 is 1. The van der Waals surface area contributed by atoms with Gasteiger partial charge in [-0.15, -0.1) is 0 Å². The van der Waals surface area contributed by atoms with E-state index in [1.807, 2.05) is 30.3 Å². The lowest BCUT2D eigenvalue weighted by atomic mass is 10.1. The number of pyridine rings is 1. The highest BCUT2D eigenvalue weighted by atomic mass is 16.5. The van der Waals surface area contributed by atoms with Crippen LogP contribution in [0.3, 0.4) is 0 Å². The van der Waals surface area contributed by atoms with Crippen molar-refractivity contribution in [1.82, 2.24) is 15.2 Å². The average Bonchev–Trinajstić information content (AvgIpc) is 2.54. The van der Waals surface area contributed by atoms with Gasteiger partial charge in [0.05, 0.1) is 19.0 Å². The van der Waals surface area contributed by atoms with Gasteiger partial charge in [-0.3, -0.25) is 4.79 Å². The molecular formula is C15H14N4O2. The first kappa shape index (κ1) is 13.3. The molecule has 3 N–H and O–H groups in total. The summed E-state index contributed by atoms with van der Waals surface area (Å²) in [4.78, 5) is 16.2. The van der Waals surface area contributed by atoms with E-state index in [-0.39, 0.29) is 11.4 Å². The van der Waals surface area contributed by atoms with Crippen molar-refractivity contribution in [3.8, 4) is 17.1 Å². The molecule has 6 heteroatoms. The fourth-order valence-corrected chi connectivity index (χ4v) is 2.19. The summed E-state index contributed by atoms with van der Waals surface area (Å²) < 4.78 is 5.24. The standard InChI is InChI=1S/C15H14N4O2/c1-21-15-13-11(8-17-19-14(13)20)6-12(18-15)10-4-2-9(7-16)3-5-10/h2-6,8H,7,16H2,1H3,(H,19,20). The third-order valence-corrected chi connectivity index (χ3v) is 3.29. The summed E-state index contributed by atoms with van der Waals surface area (Å²) in [5, 5.41) is 7.28. The van der Waals surface area contributed by atoms with Crippen LogP contribution in [-0.2, 0) is 6.54 Å². The number of H-pyrrole nitrogens is 1. The fraction of sp³-hybridized carbons (Fsp3) is 0.133. The van der Waals surface area contributed by atoms with E-state index in [1.165, 1.54) is 7.11 Å². The lowest BCUT2D eigenvalue weighted by Crippen LogP contribution is -2.10. The molecule has 0 aliphatic carbocycles. The van der Waals surface area contributed by atoms with Crippen molar-refractivity contribution in [2.45, 2.75) is 6.54 Å². The smallest absolute Gasteiger partial charge is 0.277 e. The SMILES string of the molecule is COc1nc(-c2ccc(CN)cc2)cc2cn[nH]c(=O)c12. The highest BCUT2D eigenvalue weighted by Gasteiger charge is 2.11. The largest absolute Gasteiger partial charge is 0.480 e. The Labute approximate surface area is 120 Å². The Balaban J connectivity index is 2.21. The number of rotatable bonds is 3. The molecule has 6 nitrogen and oxygen atoms in total. The van der Waals surface area contributed by atoms with E-state index in [1.54, 1.807) is 6.20 Å². The predicted octanol–water partition coefficient (Wildman–Crippen LogP) is 1.45. The van der Waals surface area contributed by atoms with Gasteiger partial charge in [-0.05, 0) is 11.6 Å². The summed E-state index contributed by atoms with van der Waals surface area (Å²) in [5.74, 6) is 0.286. The van der Waals surface area contributed by atoms with Gasteiger partial charge in [0.15, 0.2) is 0 Å². The second-order valence-corrected chi connectivity index (χ2v) is 4.58. The number of hydrogen-bond donors (Lipinski definition) is 2. The van der Waals surface area contributed by atoms with E-state index >= 15 is 0 Å². The van der Waals surface area contributed by atoms with Gasteiger partial charge in [0, 0.05) is 17.5 Å². The van der Waals surface area contributed by atoms with Gasteiger partial charge in [-0.2, -0.15) is 5.10 Å². The van der Waals surface area contributed by atoms with Gasteiger partial charge >= 0.3 is 0 Å². The maximum Gasteiger partial charge on any atom is 0.277 e. The van der Waals surface area contributed by atoms with Crippen molar-refractivity contribution in [2.75, 3.05) is 7.11 Å². The van der Waals surface area contributed by atoms with Crippen LogP contribution in [0.4, 0.5) is 0 Å². The van der Waals surface area contributed by atoms with Crippen LogP contribution in [0.25, 0.3) is 22.0 Å². The quantitative estimate of drug-likeness (QED) is 0.758. The molecule has 0 radical (unpaired) electrons. The number of aromatic nitrogens is 3. The van der Waals surface area contributed by atoms with Crippen molar-refractivity contribution >= 4 is 10.8 Å². The average molecular weight is 282 g/mol. The molecule has 0 amide bonds. The molecule has 0 saturated carbocycles. The van der Waals surface area contributed by atoms with Crippen molar-refractivity contribution in [1.29, 1.82) is 0 Å². The highest BCUT2D eigenvalue weighted by molar-refractivity contribution is 5.88. The normalized spacial score (nSPS) is 10.8. The second-order valence-electron chi connectivity index (χ2n) is 4.58. The number of nitrogens with zero attached hydrogens (tertiary/aromatic N) is 2. The number of nitrogens with two attached hydrogens (primary N) is 1. The third-order valence-electron chi connectivity index (χ3n) is 3.29. The van der Waals surface area contributed by atoms with Crippen LogP contribution in [0.2, 0.25) is 0 Å². The number of aromatic amines is 1. The second kappa shape index (κ2) is 5.34. The van der Waals surface area contributed by atoms with Gasteiger partial charge in [0.1, 0.15) is 5.39 Å². The first-order valence-electron chi connectivity index (χ1n) is 6.44. The van der Waals surface area contributed by atoms with E-state index in [2.05, 4.69) is 15.2 Å². The van der Waals surface area contributed by atoms with Crippen LogP contribution in [0.5, 0.6) is 5.88 Å². The molecule has 0 unspecified atom stereocenters. The Bertz CT molecular complexity index is 840. The van der Waals surface area contributed by atoms with Crippen molar-refractivity contribution in [3.63, 3.8) is 0 Å². The maximum atomic E-state index is 11.8. The van der Waals surface area contributed by atoms with E-state index in [4.69, 9.17) is 10.5 Å². The van der Waals surface area contributed by atoms with Crippen LogP contribution in [-0.4, -0.2) is 22.3 Å². The molecule has 106 valence electrons. The van der Waals surface area contributed by atoms with Crippen LogP contribution in [0, 0.1) is 0 Å². The molecule has 0 fully saturated rings. The topological polar surface area (TPSA) is 93.9 Å². The molecule has 0 saturated heterocycles. The van der Waals surface area contributed by atoms with Gasteiger partial charge in [0.25, 0.3) is 5.56 Å². The molecule has 3 rings (SSSR count). The first-order chi connectivity index (χ1) is 10.2. The maximum absolute atomic E-state index is 11.8. The fourth-order valence-electron chi connectivity index (χ4n) is 2.19. The van der Waals surface area contributed by atoms with Gasteiger partial charge in [-0.1, -0.05) is 24.3 Å². The van der Waals surface area contributed by atoms with Crippen LogP contribution >= 0.6 is 0 Å². The number of hydrogen-bond acceptors (Lipinski definition) is 5. The molecule has 0 aliphatic rings. The molecule has 0 spiro atoms. The lowest BCUT2D eigenvalue weighted by Gasteiger charge is -2.08. The molecular weight excluding hydrogens is 268 g/mol. The zero-order valence-electron chi connectivity index (χ0n) is 11.5. The molecule has 2 heterocycles. The Morgan fingerprint density at radius 1 is 1.29 bits per heavy atom. The molecule has 1 aromatic carbocycles. The summed E-state index contributed by atoms with van der Waals surface area (Å²) in [6, 6.07) is 9.60. The minimum absolute atomic E-state index is 0.286. The van der Waals surface area contributed by atoms with Gasteiger partial charge in [-0.25, -0.2) is 10.1 Å². The zero-order chi connectivity index (χ0) is 14.8. The Kier molecular flexibility index (Phi) is 3.37. The summed E-state index contributed by atoms with van der Waals surface area (Å²) in [6.07, 6.45) is 1.58. The monoisotopic (exact) mass is 282 g/mol. The van der Waals surface area contributed by atoms with Crippen LogP contribution in [0.15, 0.2) is 41.3 Å². The highest BCUT2D eigenvalue weighted by Crippen LogP contribution is 2.26. The van der Waals surface area contributed by atoms with E-state index in [0.717, 1.165) is 16.8 Å². The van der Waals surface area contributed by atoms with Crippen molar-refractivity contribution in [3.05, 3.63) is 52.4 Å². The van der Waals surface area contributed by atoms with E-state index < -0.39 is 0 Å². The molecule has 3 aromatic rings. The van der Waals surface area contributed by atoms with Crippen molar-refractivity contribution in [2.24, 2.45) is 5.73 Å². The summed E-state index contributed by atoms with van der Waals surface area (Å²) in [7, 11) is 1.49. The summed E-state index contributed by atoms with van der Waals surface area (Å²) in [5.41, 5.74) is 7.96. The Hall–Kier alpha value is -2.73. The molecule has 21 heavy (non-hydrogen) atoms. The lowest BCUT2D eigenvalue weighted by molar-refractivity contribution is 0.403. The van der Waals surface area contributed by atoms with Crippen LogP contribution in [0.1, 0.15) is 5.56 Å². The number of benzene rings is 1. The molecule has 0 bridgehead atoms. The minimum atomic E-state index is -0.318. The number of nitrogens with one attached hydrogen (secondary N) is 1. The summed E-state index contributed by atoms with van der Waals surface area (Å²) in [6.45, 7) is 0.494. The number of ether oxygens (including phenoxy) is 1. The minimum Gasteiger partial charge on any atom is -0.480 e. The van der Waals surface area contributed by atoms with Gasteiger partial charge < -0.3 is 10.5 Å². The third kappa shape index (κ3) is 2.36. The molecule has 2 aromatic heterocycles. The predicted molar refractivity (Wildman–Crippen MR) is 80.0 cm³/mol. The Morgan fingerprint density at radius 2 is 2.05 bits per heavy atom. The van der Waals surface area contributed by atoms with E-state index in [9.17, 15) is 4.79 Å². The number of fused-ring (bicyclic) bond motifs is 1. The first-order valence-corrected chi connectivity index (χ1v) is 6.44. The van der Waals surface area contributed by atoms with E-state index in [0.29, 0.717) is 17.3 Å². The van der Waals surface area contributed by atoms with Crippen LogP contribution < -0.4 is 16.0 Å². The van der Waals surface area contributed by atoms with Gasteiger partial charge in [0.2, 0.25) is 5.88 Å². The molecule has 0 atom stereocenters. The Morgan fingerprint density at radius 3 is 2.71 bits per heavy atom. The summed E-state index contributed by atoms with van der Waals surface area (Å²) >= 11 is 0. The van der Waals surface area contributed by atoms with Crippen molar-refractivity contribution < 1.29 is 4.74 Å². The molecule has 0 aliphatic heterocycles.